The summed E-state index contributed by atoms with van der Waals surface area (Å²) in [4.78, 5) is 11.3. The molecule has 0 radical (unpaired) electrons. The molecule has 0 aliphatic heterocycles. The molecule has 114 valence electrons. The Bertz CT molecular complexity index is 602. The molecule has 0 bridgehead atoms. The van der Waals surface area contributed by atoms with Crippen molar-refractivity contribution in [2.24, 2.45) is 5.92 Å². The number of carbonyl (C=O) groups is 1. The quantitative estimate of drug-likeness (QED) is 0.797. The van der Waals surface area contributed by atoms with Gasteiger partial charge in [0.15, 0.2) is 0 Å². The number of aryl methyl sites for hydroxylation is 1. The number of fused-ring (bicyclic) bond motifs is 1. The van der Waals surface area contributed by atoms with E-state index in [9.17, 15) is 4.79 Å². The van der Waals surface area contributed by atoms with E-state index in [1.54, 1.807) is 0 Å². The number of para-hydroxylation sites is 1. The van der Waals surface area contributed by atoms with E-state index in [2.05, 4.69) is 48.1 Å². The molecule has 0 aliphatic rings. The monoisotopic (exact) mass is 288 g/mol. The number of hydrogen-bond acceptors (Lipinski definition) is 3. The molecule has 1 N–H and O–H groups in total. The van der Waals surface area contributed by atoms with E-state index in [1.165, 1.54) is 23.6 Å². The molecule has 2 aromatic rings. The minimum absolute atomic E-state index is 0.174. The molecule has 1 aromatic carbocycles. The summed E-state index contributed by atoms with van der Waals surface area (Å²) in [5.41, 5.74) is 2.44. The highest BCUT2D eigenvalue weighted by Gasteiger charge is 2.09. The Morgan fingerprint density at radius 3 is 2.81 bits per heavy atom. The number of nitrogens with one attached hydrogen (secondary N) is 1. The fraction of sp³-hybridized carbons (Fsp3) is 0.471. The first-order chi connectivity index (χ1) is 10.1. The standard InChI is InChI=1S/C17H24N2O2/c1-13(2)10-18-11-14-12-19(9-8-17(20)21-3)16-7-5-4-6-15(14)16/h4-7,12-13,18H,8-11H2,1-3H3. The number of hydrogen-bond donors (Lipinski definition) is 1. The topological polar surface area (TPSA) is 43.3 Å². The first kappa shape index (κ1) is 15.6. The van der Waals surface area contributed by atoms with Gasteiger partial charge < -0.3 is 14.6 Å². The van der Waals surface area contributed by atoms with Crippen LogP contribution in [0.4, 0.5) is 0 Å². The Balaban J connectivity index is 2.15. The number of aromatic nitrogens is 1. The second-order valence-electron chi connectivity index (χ2n) is 5.72. The summed E-state index contributed by atoms with van der Waals surface area (Å²) in [7, 11) is 1.43. The number of benzene rings is 1. The molecular formula is C17H24N2O2. The number of carbonyl (C=O) groups excluding carboxylic acids is 1. The summed E-state index contributed by atoms with van der Waals surface area (Å²) >= 11 is 0. The van der Waals surface area contributed by atoms with Crippen LogP contribution in [-0.2, 0) is 22.6 Å². The maximum Gasteiger partial charge on any atom is 0.307 e. The lowest BCUT2D eigenvalue weighted by molar-refractivity contribution is -0.140. The second-order valence-corrected chi connectivity index (χ2v) is 5.72. The highest BCUT2D eigenvalue weighted by molar-refractivity contribution is 5.84. The van der Waals surface area contributed by atoms with Gasteiger partial charge in [0, 0.05) is 30.2 Å². The van der Waals surface area contributed by atoms with Crippen molar-refractivity contribution in [1.29, 1.82) is 0 Å². The molecule has 0 fully saturated rings. The van der Waals surface area contributed by atoms with Crippen molar-refractivity contribution in [1.82, 2.24) is 9.88 Å². The molecule has 0 aliphatic carbocycles. The van der Waals surface area contributed by atoms with Gasteiger partial charge in [0.2, 0.25) is 0 Å². The van der Waals surface area contributed by atoms with Crippen molar-refractivity contribution in [2.45, 2.75) is 33.4 Å². The smallest absolute Gasteiger partial charge is 0.307 e. The molecule has 0 atom stereocenters. The summed E-state index contributed by atoms with van der Waals surface area (Å²) in [6.07, 6.45) is 2.54. The van der Waals surface area contributed by atoms with Crippen LogP contribution in [0.5, 0.6) is 0 Å². The van der Waals surface area contributed by atoms with E-state index >= 15 is 0 Å². The Kier molecular flexibility index (Phi) is 5.39. The van der Waals surface area contributed by atoms with Crippen molar-refractivity contribution in [3.05, 3.63) is 36.0 Å². The minimum Gasteiger partial charge on any atom is -0.469 e. The largest absolute Gasteiger partial charge is 0.469 e. The van der Waals surface area contributed by atoms with Crippen LogP contribution in [-0.4, -0.2) is 24.2 Å². The third kappa shape index (κ3) is 4.08. The third-order valence-corrected chi connectivity index (χ3v) is 3.52. The number of rotatable bonds is 7. The van der Waals surface area contributed by atoms with E-state index in [1.807, 2.05) is 6.07 Å². The zero-order valence-corrected chi connectivity index (χ0v) is 13.1. The average molecular weight is 288 g/mol. The van der Waals surface area contributed by atoms with Gasteiger partial charge in [-0.1, -0.05) is 32.0 Å². The van der Waals surface area contributed by atoms with E-state index in [0.29, 0.717) is 18.9 Å². The molecule has 0 amide bonds. The highest BCUT2D eigenvalue weighted by Crippen LogP contribution is 2.21. The van der Waals surface area contributed by atoms with Gasteiger partial charge in [0.25, 0.3) is 0 Å². The van der Waals surface area contributed by atoms with Crippen LogP contribution in [0.25, 0.3) is 10.9 Å². The van der Waals surface area contributed by atoms with Crippen LogP contribution < -0.4 is 5.32 Å². The van der Waals surface area contributed by atoms with Crippen LogP contribution in [0.2, 0.25) is 0 Å². The average Bonchev–Trinajstić information content (AvgIpc) is 2.83. The molecule has 0 unspecified atom stereocenters. The molecule has 21 heavy (non-hydrogen) atoms. The maximum atomic E-state index is 11.3. The lowest BCUT2D eigenvalue weighted by Crippen LogP contribution is -2.18. The molecule has 4 heteroatoms. The Morgan fingerprint density at radius 2 is 2.10 bits per heavy atom. The summed E-state index contributed by atoms with van der Waals surface area (Å²) in [5.74, 6) is 0.463. The van der Waals surface area contributed by atoms with Crippen molar-refractivity contribution in [3.8, 4) is 0 Å². The third-order valence-electron chi connectivity index (χ3n) is 3.52. The van der Waals surface area contributed by atoms with Crippen molar-refractivity contribution in [3.63, 3.8) is 0 Å². The molecule has 2 rings (SSSR count). The lowest BCUT2D eigenvalue weighted by Gasteiger charge is -2.06. The second kappa shape index (κ2) is 7.27. The molecule has 0 spiro atoms. The summed E-state index contributed by atoms with van der Waals surface area (Å²) < 4.78 is 6.85. The Morgan fingerprint density at radius 1 is 1.33 bits per heavy atom. The zero-order valence-electron chi connectivity index (χ0n) is 13.1. The zero-order chi connectivity index (χ0) is 15.2. The van der Waals surface area contributed by atoms with E-state index < -0.39 is 0 Å². The molecule has 4 nitrogen and oxygen atoms in total. The highest BCUT2D eigenvalue weighted by atomic mass is 16.5. The maximum absolute atomic E-state index is 11.3. The number of methoxy groups -OCH3 is 1. The Hall–Kier alpha value is -1.81. The first-order valence-corrected chi connectivity index (χ1v) is 7.46. The van der Waals surface area contributed by atoms with Gasteiger partial charge in [0.05, 0.1) is 13.5 Å². The van der Waals surface area contributed by atoms with Crippen LogP contribution >= 0.6 is 0 Å². The number of nitrogens with zero attached hydrogens (tertiary/aromatic N) is 1. The molecule has 0 saturated carbocycles. The number of esters is 1. The van der Waals surface area contributed by atoms with Gasteiger partial charge in [-0.3, -0.25) is 4.79 Å². The van der Waals surface area contributed by atoms with E-state index in [4.69, 9.17) is 4.74 Å². The summed E-state index contributed by atoms with van der Waals surface area (Å²) in [5, 5.41) is 4.73. The van der Waals surface area contributed by atoms with Gasteiger partial charge in [-0.25, -0.2) is 0 Å². The lowest BCUT2D eigenvalue weighted by atomic mass is 10.1. The minimum atomic E-state index is -0.174. The fourth-order valence-corrected chi connectivity index (χ4v) is 2.46. The van der Waals surface area contributed by atoms with Crippen molar-refractivity contribution in [2.75, 3.05) is 13.7 Å². The summed E-state index contributed by atoms with van der Waals surface area (Å²) in [6, 6.07) is 8.32. The Labute approximate surface area is 126 Å². The number of ether oxygens (including phenoxy) is 1. The fourth-order valence-electron chi connectivity index (χ4n) is 2.46. The van der Waals surface area contributed by atoms with Crippen LogP contribution in [0.15, 0.2) is 30.5 Å². The van der Waals surface area contributed by atoms with Crippen LogP contribution in [0.3, 0.4) is 0 Å². The van der Waals surface area contributed by atoms with Crippen LogP contribution in [0, 0.1) is 5.92 Å². The van der Waals surface area contributed by atoms with E-state index in [-0.39, 0.29) is 5.97 Å². The van der Waals surface area contributed by atoms with Gasteiger partial charge in [-0.2, -0.15) is 0 Å². The first-order valence-electron chi connectivity index (χ1n) is 7.46. The van der Waals surface area contributed by atoms with Gasteiger partial charge in [0.1, 0.15) is 0 Å². The van der Waals surface area contributed by atoms with Gasteiger partial charge in [-0.15, -0.1) is 0 Å². The molecule has 1 heterocycles. The molecule has 1 aromatic heterocycles. The van der Waals surface area contributed by atoms with E-state index in [0.717, 1.165) is 13.1 Å². The molecule has 0 saturated heterocycles. The summed E-state index contributed by atoms with van der Waals surface area (Å²) in [6.45, 7) is 6.90. The predicted octanol–water partition coefficient (Wildman–Crippen LogP) is 2.95. The van der Waals surface area contributed by atoms with Gasteiger partial charge >= 0.3 is 5.97 Å². The SMILES string of the molecule is COC(=O)CCn1cc(CNCC(C)C)c2ccccc21. The molecular weight excluding hydrogens is 264 g/mol. The van der Waals surface area contributed by atoms with Crippen molar-refractivity contribution < 1.29 is 9.53 Å². The van der Waals surface area contributed by atoms with Gasteiger partial charge in [-0.05, 0) is 24.1 Å². The normalized spacial score (nSPS) is 11.2. The predicted molar refractivity (Wildman–Crippen MR) is 85.1 cm³/mol. The van der Waals surface area contributed by atoms with Crippen molar-refractivity contribution >= 4 is 16.9 Å². The van der Waals surface area contributed by atoms with Crippen LogP contribution in [0.1, 0.15) is 25.8 Å².